The van der Waals surface area contributed by atoms with Crippen molar-refractivity contribution < 1.29 is 14.3 Å². The van der Waals surface area contributed by atoms with Crippen molar-refractivity contribution >= 4 is 23.6 Å². The molecular formula is C16H22ClN3O3. The van der Waals surface area contributed by atoms with E-state index >= 15 is 0 Å². The van der Waals surface area contributed by atoms with E-state index in [-0.39, 0.29) is 23.2 Å². The average Bonchev–Trinajstić information content (AvgIpc) is 2.45. The second-order valence-electron chi connectivity index (χ2n) is 6.62. The van der Waals surface area contributed by atoms with Gasteiger partial charge in [-0.05, 0) is 39.8 Å². The summed E-state index contributed by atoms with van der Waals surface area (Å²) in [5, 5.41) is 0.194. The molecule has 1 aromatic rings. The minimum atomic E-state index is -0.531. The van der Waals surface area contributed by atoms with E-state index in [2.05, 4.69) is 4.98 Å². The molecule has 2 rings (SSSR count). The monoisotopic (exact) mass is 339 g/mol. The maximum absolute atomic E-state index is 12.6. The van der Waals surface area contributed by atoms with Crippen LogP contribution in [0.5, 0.6) is 0 Å². The molecule has 1 aliphatic rings. The lowest BCUT2D eigenvalue weighted by Crippen LogP contribution is -2.56. The first-order valence-electron chi connectivity index (χ1n) is 7.58. The third kappa shape index (κ3) is 4.34. The van der Waals surface area contributed by atoms with Crippen molar-refractivity contribution in [1.82, 2.24) is 14.8 Å². The quantitative estimate of drug-likeness (QED) is 0.738. The van der Waals surface area contributed by atoms with Crippen molar-refractivity contribution in [1.29, 1.82) is 0 Å². The number of hydrogen-bond acceptors (Lipinski definition) is 4. The van der Waals surface area contributed by atoms with Gasteiger partial charge in [-0.3, -0.25) is 4.79 Å². The molecule has 0 aliphatic carbocycles. The van der Waals surface area contributed by atoms with E-state index in [9.17, 15) is 9.59 Å². The molecule has 2 amide bonds. The highest BCUT2D eigenvalue weighted by molar-refractivity contribution is 6.32. The third-order valence-electron chi connectivity index (χ3n) is 3.53. The number of ether oxygens (including phenoxy) is 1. The van der Waals surface area contributed by atoms with Crippen LogP contribution in [0.4, 0.5) is 4.79 Å². The fraction of sp³-hybridized carbons (Fsp3) is 0.562. The molecule has 0 unspecified atom stereocenters. The molecule has 0 N–H and O–H groups in total. The Kier molecular flexibility index (Phi) is 5.14. The van der Waals surface area contributed by atoms with E-state index in [1.165, 1.54) is 0 Å². The van der Waals surface area contributed by atoms with Crippen LogP contribution in [0.15, 0.2) is 18.3 Å². The molecule has 0 spiro atoms. The number of rotatable bonds is 1. The molecule has 7 heteroatoms. The van der Waals surface area contributed by atoms with Gasteiger partial charge in [0.1, 0.15) is 10.8 Å². The number of pyridine rings is 1. The predicted molar refractivity (Wildman–Crippen MR) is 87.6 cm³/mol. The summed E-state index contributed by atoms with van der Waals surface area (Å²) in [5.74, 6) is -0.167. The normalized spacial score (nSPS) is 18.7. The molecule has 0 aromatic carbocycles. The minimum absolute atomic E-state index is 0.125. The van der Waals surface area contributed by atoms with Crippen molar-refractivity contribution in [3.63, 3.8) is 0 Å². The Labute approximate surface area is 141 Å². The molecule has 6 nitrogen and oxygen atoms in total. The van der Waals surface area contributed by atoms with Gasteiger partial charge in [-0.25, -0.2) is 9.78 Å². The predicted octanol–water partition coefficient (Wildman–Crippen LogP) is 2.82. The summed E-state index contributed by atoms with van der Waals surface area (Å²) in [6.45, 7) is 8.69. The second kappa shape index (κ2) is 6.74. The summed E-state index contributed by atoms with van der Waals surface area (Å²) in [4.78, 5) is 32.0. The molecule has 23 heavy (non-hydrogen) atoms. The molecular weight excluding hydrogens is 318 g/mol. The maximum atomic E-state index is 12.6. The van der Waals surface area contributed by atoms with Crippen LogP contribution in [0.2, 0.25) is 5.15 Å². The summed E-state index contributed by atoms with van der Waals surface area (Å²) in [5.41, 5.74) is -0.150. The van der Waals surface area contributed by atoms with Gasteiger partial charge >= 0.3 is 6.09 Å². The van der Waals surface area contributed by atoms with Crippen LogP contribution in [0, 0.1) is 0 Å². The Bertz CT molecular complexity index is 600. The van der Waals surface area contributed by atoms with Gasteiger partial charge in [0, 0.05) is 31.9 Å². The van der Waals surface area contributed by atoms with Crippen LogP contribution in [0.1, 0.15) is 38.1 Å². The Morgan fingerprint density at radius 3 is 2.61 bits per heavy atom. The number of halogens is 1. The highest BCUT2D eigenvalue weighted by atomic mass is 35.5. The number of carbonyl (C=O) groups excluding carboxylic acids is 2. The maximum Gasteiger partial charge on any atom is 0.410 e. The van der Waals surface area contributed by atoms with Crippen LogP contribution < -0.4 is 0 Å². The average molecular weight is 340 g/mol. The lowest BCUT2D eigenvalue weighted by atomic mass is 10.1. The van der Waals surface area contributed by atoms with Gasteiger partial charge in [0.05, 0.1) is 5.56 Å². The van der Waals surface area contributed by atoms with Gasteiger partial charge in [0.2, 0.25) is 0 Å². The van der Waals surface area contributed by atoms with Crippen LogP contribution in [0.25, 0.3) is 0 Å². The number of aromatic nitrogens is 1. The Hall–Kier alpha value is -1.82. The van der Waals surface area contributed by atoms with E-state index in [0.717, 1.165) is 0 Å². The molecule has 0 radical (unpaired) electrons. The van der Waals surface area contributed by atoms with Gasteiger partial charge in [-0.15, -0.1) is 0 Å². The van der Waals surface area contributed by atoms with E-state index < -0.39 is 5.60 Å². The van der Waals surface area contributed by atoms with Crippen molar-refractivity contribution in [2.24, 2.45) is 0 Å². The Balaban J connectivity index is 2.03. The van der Waals surface area contributed by atoms with E-state index in [4.69, 9.17) is 16.3 Å². The fourth-order valence-electron chi connectivity index (χ4n) is 2.45. The number of carbonyl (C=O) groups is 2. The molecule has 0 bridgehead atoms. The van der Waals surface area contributed by atoms with Crippen molar-refractivity contribution in [3.05, 3.63) is 29.0 Å². The molecule has 1 atom stereocenters. The molecule has 1 fully saturated rings. The highest BCUT2D eigenvalue weighted by Gasteiger charge is 2.33. The molecule has 1 aliphatic heterocycles. The zero-order valence-corrected chi connectivity index (χ0v) is 14.6. The van der Waals surface area contributed by atoms with Gasteiger partial charge < -0.3 is 14.5 Å². The first kappa shape index (κ1) is 17.5. The number of nitrogens with zero attached hydrogens (tertiary/aromatic N) is 3. The number of piperazine rings is 1. The highest BCUT2D eigenvalue weighted by Crippen LogP contribution is 2.19. The third-order valence-corrected chi connectivity index (χ3v) is 3.83. The van der Waals surface area contributed by atoms with Crippen molar-refractivity contribution in [3.8, 4) is 0 Å². The summed E-state index contributed by atoms with van der Waals surface area (Å²) in [6, 6.07) is 3.21. The van der Waals surface area contributed by atoms with Crippen LogP contribution in [-0.2, 0) is 4.74 Å². The summed E-state index contributed by atoms with van der Waals surface area (Å²) in [6.07, 6.45) is 1.19. The zero-order chi connectivity index (χ0) is 17.2. The zero-order valence-electron chi connectivity index (χ0n) is 13.9. The fourth-order valence-corrected chi connectivity index (χ4v) is 2.65. The van der Waals surface area contributed by atoms with Gasteiger partial charge in [0.15, 0.2) is 0 Å². The Morgan fingerprint density at radius 1 is 1.35 bits per heavy atom. The first-order valence-corrected chi connectivity index (χ1v) is 7.96. The van der Waals surface area contributed by atoms with Crippen LogP contribution in [-0.4, -0.2) is 58.1 Å². The van der Waals surface area contributed by atoms with Gasteiger partial charge in [-0.2, -0.15) is 0 Å². The Morgan fingerprint density at radius 2 is 2.04 bits per heavy atom. The topological polar surface area (TPSA) is 62.7 Å². The second-order valence-corrected chi connectivity index (χ2v) is 6.97. The van der Waals surface area contributed by atoms with Crippen molar-refractivity contribution in [2.75, 3.05) is 19.6 Å². The van der Waals surface area contributed by atoms with Crippen LogP contribution in [0.3, 0.4) is 0 Å². The molecule has 0 saturated carbocycles. The largest absolute Gasteiger partial charge is 0.444 e. The smallest absolute Gasteiger partial charge is 0.410 e. The van der Waals surface area contributed by atoms with Gasteiger partial charge in [-0.1, -0.05) is 11.6 Å². The molecule has 1 aromatic heterocycles. The van der Waals surface area contributed by atoms with Gasteiger partial charge in [0.25, 0.3) is 5.91 Å². The minimum Gasteiger partial charge on any atom is -0.444 e. The lowest BCUT2D eigenvalue weighted by Gasteiger charge is -2.40. The summed E-state index contributed by atoms with van der Waals surface area (Å²) >= 11 is 5.99. The molecule has 2 heterocycles. The van der Waals surface area contributed by atoms with E-state index in [0.29, 0.717) is 25.2 Å². The first-order chi connectivity index (χ1) is 10.7. The van der Waals surface area contributed by atoms with E-state index in [1.54, 1.807) is 28.1 Å². The molecule has 126 valence electrons. The van der Waals surface area contributed by atoms with Crippen LogP contribution >= 0.6 is 11.6 Å². The summed E-state index contributed by atoms with van der Waals surface area (Å²) < 4.78 is 5.38. The summed E-state index contributed by atoms with van der Waals surface area (Å²) in [7, 11) is 0. The lowest BCUT2D eigenvalue weighted by molar-refractivity contribution is 0.00616. The molecule has 1 saturated heterocycles. The standard InChI is InChI=1S/C16H22ClN3O3/c1-11-10-19(15(22)23-16(2,3)4)8-9-20(11)14(21)12-6-5-7-18-13(12)17/h5-7,11H,8-10H2,1-4H3/t11-/m1/s1. The van der Waals surface area contributed by atoms with E-state index in [1.807, 2.05) is 27.7 Å². The van der Waals surface area contributed by atoms with Crippen molar-refractivity contribution in [2.45, 2.75) is 39.3 Å². The SMILES string of the molecule is C[C@@H]1CN(C(=O)OC(C)(C)C)CCN1C(=O)c1cccnc1Cl. The number of amides is 2. The number of hydrogen-bond donors (Lipinski definition) is 0.